The highest BCUT2D eigenvalue weighted by molar-refractivity contribution is 7.17. The zero-order valence-electron chi connectivity index (χ0n) is 20.0. The fraction of sp³-hybridized carbons (Fsp3) is 0.538. The second-order valence-corrected chi connectivity index (χ2v) is 12.0. The molecule has 1 fully saturated rings. The molecule has 0 spiro atoms. The molecule has 0 unspecified atom stereocenters. The average Bonchev–Trinajstić information content (AvgIpc) is 3.08. The van der Waals surface area contributed by atoms with Crippen LogP contribution < -0.4 is 5.32 Å². The van der Waals surface area contributed by atoms with Crippen molar-refractivity contribution >= 4 is 39.8 Å². The van der Waals surface area contributed by atoms with Crippen molar-refractivity contribution in [2.75, 3.05) is 18.4 Å². The van der Waals surface area contributed by atoms with E-state index in [-0.39, 0.29) is 29.4 Å². The number of thiophene rings is 1. The van der Waals surface area contributed by atoms with Gasteiger partial charge >= 0.3 is 0 Å². The molecule has 3 atom stereocenters. The van der Waals surface area contributed by atoms with Gasteiger partial charge in [0, 0.05) is 28.6 Å². The van der Waals surface area contributed by atoms with Crippen molar-refractivity contribution in [2.24, 2.45) is 11.3 Å². The molecule has 0 bridgehead atoms. The molecule has 1 aliphatic heterocycles. The van der Waals surface area contributed by atoms with Crippen LogP contribution in [-0.4, -0.2) is 42.0 Å². The Morgan fingerprint density at radius 3 is 2.52 bits per heavy atom. The Morgan fingerprint density at radius 2 is 1.88 bits per heavy atom. The van der Waals surface area contributed by atoms with Gasteiger partial charge in [0.15, 0.2) is 0 Å². The summed E-state index contributed by atoms with van der Waals surface area (Å²) < 4.78 is 5.84. The summed E-state index contributed by atoms with van der Waals surface area (Å²) in [6.07, 6.45) is 2.82. The summed E-state index contributed by atoms with van der Waals surface area (Å²) in [6.45, 7) is 11.9. The molecule has 1 aromatic heterocycles. The summed E-state index contributed by atoms with van der Waals surface area (Å²) in [5.41, 5.74) is 2.46. The van der Waals surface area contributed by atoms with Crippen molar-refractivity contribution in [1.82, 2.24) is 4.90 Å². The number of hydrogen-bond acceptors (Lipinski definition) is 4. The van der Waals surface area contributed by atoms with E-state index in [2.05, 4.69) is 26.1 Å². The van der Waals surface area contributed by atoms with E-state index >= 15 is 0 Å². The topological polar surface area (TPSA) is 58.6 Å². The van der Waals surface area contributed by atoms with Crippen LogP contribution in [0.25, 0.3) is 0 Å². The van der Waals surface area contributed by atoms with E-state index in [0.717, 1.165) is 24.8 Å². The lowest BCUT2D eigenvalue weighted by molar-refractivity contribution is -0.0586. The maximum atomic E-state index is 13.8. The van der Waals surface area contributed by atoms with Gasteiger partial charge in [-0.3, -0.25) is 9.59 Å². The van der Waals surface area contributed by atoms with E-state index in [4.69, 9.17) is 16.3 Å². The van der Waals surface area contributed by atoms with Gasteiger partial charge in [-0.05, 0) is 68.2 Å². The molecule has 1 aliphatic carbocycles. The van der Waals surface area contributed by atoms with Gasteiger partial charge in [-0.1, -0.05) is 38.4 Å². The predicted octanol–water partition coefficient (Wildman–Crippen LogP) is 6.05. The zero-order chi connectivity index (χ0) is 23.9. The number of carbonyl (C=O) groups excluding carboxylic acids is 2. The van der Waals surface area contributed by atoms with Crippen molar-refractivity contribution in [2.45, 2.75) is 66.1 Å². The average molecular weight is 489 g/mol. The molecule has 7 heteroatoms. The number of nitrogens with one attached hydrogen (secondary N) is 1. The van der Waals surface area contributed by atoms with Gasteiger partial charge in [-0.2, -0.15) is 0 Å². The Hall–Kier alpha value is -1.89. The molecule has 1 N–H and O–H groups in total. The van der Waals surface area contributed by atoms with Crippen LogP contribution in [-0.2, 0) is 17.6 Å². The van der Waals surface area contributed by atoms with E-state index in [1.165, 1.54) is 4.88 Å². The number of carbonyl (C=O) groups is 2. The second-order valence-electron chi connectivity index (χ2n) is 10.4. The molecule has 2 aliphatic rings. The normalized spacial score (nSPS) is 23.2. The van der Waals surface area contributed by atoms with Crippen LogP contribution in [0, 0.1) is 11.3 Å². The Balaban J connectivity index is 1.70. The molecule has 2 aromatic rings. The van der Waals surface area contributed by atoms with E-state index in [1.54, 1.807) is 35.6 Å². The van der Waals surface area contributed by atoms with E-state index in [0.29, 0.717) is 40.2 Å². The van der Waals surface area contributed by atoms with Gasteiger partial charge in [0.1, 0.15) is 5.00 Å². The van der Waals surface area contributed by atoms with Crippen LogP contribution in [0.15, 0.2) is 24.3 Å². The third-order valence-corrected chi connectivity index (χ3v) is 8.13. The number of ether oxygens (including phenoxy) is 1. The van der Waals surface area contributed by atoms with Crippen LogP contribution in [0.1, 0.15) is 72.2 Å². The third-order valence-electron chi connectivity index (χ3n) is 6.72. The van der Waals surface area contributed by atoms with Crippen LogP contribution in [0.2, 0.25) is 5.02 Å². The molecule has 2 amide bonds. The van der Waals surface area contributed by atoms with Gasteiger partial charge in [0.2, 0.25) is 0 Å². The van der Waals surface area contributed by atoms with Gasteiger partial charge < -0.3 is 15.0 Å². The maximum Gasteiger partial charge on any atom is 0.257 e. The predicted molar refractivity (Wildman–Crippen MR) is 135 cm³/mol. The Kier molecular flexibility index (Phi) is 6.90. The maximum absolute atomic E-state index is 13.8. The van der Waals surface area contributed by atoms with Crippen LogP contribution in [0.4, 0.5) is 5.00 Å². The van der Waals surface area contributed by atoms with Gasteiger partial charge in [0.25, 0.3) is 11.8 Å². The first kappa shape index (κ1) is 24.2. The highest BCUT2D eigenvalue weighted by Crippen LogP contribution is 2.45. The van der Waals surface area contributed by atoms with Crippen LogP contribution in [0.3, 0.4) is 0 Å². The lowest BCUT2D eigenvalue weighted by atomic mass is 9.72. The number of nitrogens with zero attached hydrogens (tertiary/aromatic N) is 1. The lowest BCUT2D eigenvalue weighted by Crippen LogP contribution is -2.48. The molecule has 0 radical (unpaired) electrons. The van der Waals surface area contributed by atoms with Crippen molar-refractivity contribution in [3.63, 3.8) is 0 Å². The van der Waals surface area contributed by atoms with Crippen LogP contribution >= 0.6 is 22.9 Å². The van der Waals surface area contributed by atoms with Crippen molar-refractivity contribution in [3.05, 3.63) is 50.9 Å². The lowest BCUT2D eigenvalue weighted by Gasteiger charge is -2.36. The minimum absolute atomic E-state index is 0.00916. The molecule has 0 saturated carbocycles. The Morgan fingerprint density at radius 1 is 1.18 bits per heavy atom. The number of anilines is 1. The summed E-state index contributed by atoms with van der Waals surface area (Å²) in [5.74, 6) is 0.290. The fourth-order valence-corrected chi connectivity index (χ4v) is 6.45. The largest absolute Gasteiger partial charge is 0.372 e. The zero-order valence-corrected chi connectivity index (χ0v) is 21.6. The highest BCUT2D eigenvalue weighted by atomic mass is 35.5. The number of halogens is 1. The van der Waals surface area contributed by atoms with E-state index < -0.39 is 0 Å². The Bertz CT molecular complexity index is 1050. The quantitative estimate of drug-likeness (QED) is 0.571. The molecule has 2 heterocycles. The molecule has 1 saturated heterocycles. The number of morpholine rings is 1. The Labute approximate surface area is 205 Å². The molecular weight excluding hydrogens is 456 g/mol. The molecule has 178 valence electrons. The van der Waals surface area contributed by atoms with Gasteiger partial charge in [-0.25, -0.2) is 0 Å². The second kappa shape index (κ2) is 9.40. The fourth-order valence-electron chi connectivity index (χ4n) is 4.95. The number of amides is 2. The van der Waals surface area contributed by atoms with Crippen molar-refractivity contribution in [1.29, 1.82) is 0 Å². The van der Waals surface area contributed by atoms with Gasteiger partial charge in [0.05, 0.1) is 17.8 Å². The summed E-state index contributed by atoms with van der Waals surface area (Å²) in [4.78, 5) is 30.0. The number of rotatable bonds is 3. The third kappa shape index (κ3) is 5.28. The SMILES string of the molecule is C[C@@H]1CN(C(=O)c2c(NC(=O)c3cccc(Cl)c3)sc3c2CC[C@H](C(C)(C)C)C3)C[C@H](C)O1. The molecule has 33 heavy (non-hydrogen) atoms. The standard InChI is InChI=1S/C26H33ClN2O3S/c1-15-13-29(14-16(2)32-15)25(31)22-20-10-9-18(26(3,4)5)12-21(20)33-24(22)28-23(30)17-7-6-8-19(27)11-17/h6-8,11,15-16,18H,9-10,12-14H2,1-5H3,(H,28,30)/t15-,16+,18-/m0/s1. The smallest absolute Gasteiger partial charge is 0.257 e. The molecule has 4 rings (SSSR count). The summed E-state index contributed by atoms with van der Waals surface area (Å²) in [7, 11) is 0. The number of hydrogen-bond donors (Lipinski definition) is 1. The summed E-state index contributed by atoms with van der Waals surface area (Å²) in [6, 6.07) is 6.88. The van der Waals surface area contributed by atoms with Crippen molar-refractivity contribution in [3.8, 4) is 0 Å². The monoisotopic (exact) mass is 488 g/mol. The van der Waals surface area contributed by atoms with Crippen molar-refractivity contribution < 1.29 is 14.3 Å². The minimum atomic E-state index is -0.249. The first-order valence-corrected chi connectivity index (χ1v) is 12.9. The molecule has 1 aromatic carbocycles. The highest BCUT2D eigenvalue weighted by Gasteiger charge is 2.36. The molecule has 5 nitrogen and oxygen atoms in total. The first-order valence-electron chi connectivity index (χ1n) is 11.7. The van der Waals surface area contributed by atoms with E-state index in [9.17, 15) is 9.59 Å². The molecular formula is C26H33ClN2O3S. The summed E-state index contributed by atoms with van der Waals surface area (Å²) >= 11 is 7.65. The number of benzene rings is 1. The van der Waals surface area contributed by atoms with Gasteiger partial charge in [-0.15, -0.1) is 11.3 Å². The first-order chi connectivity index (χ1) is 15.5. The summed E-state index contributed by atoms with van der Waals surface area (Å²) in [5, 5.41) is 4.21. The van der Waals surface area contributed by atoms with E-state index in [1.807, 2.05) is 18.7 Å². The van der Waals surface area contributed by atoms with Crippen LogP contribution in [0.5, 0.6) is 0 Å². The minimum Gasteiger partial charge on any atom is -0.372 e. The number of fused-ring (bicyclic) bond motifs is 1.